The molecule has 0 bridgehead atoms. The summed E-state index contributed by atoms with van der Waals surface area (Å²) in [5.74, 6) is 0.0691. The minimum Gasteiger partial charge on any atom is -0.480 e. The third-order valence-electron chi connectivity index (χ3n) is 3.16. The number of nitrogens with one attached hydrogen (secondary N) is 1. The molecule has 4 nitrogen and oxygen atoms in total. The predicted molar refractivity (Wildman–Crippen MR) is 78.9 cm³/mol. The maximum absolute atomic E-state index is 11.3. The molecule has 1 amide bonds. The molecule has 0 aliphatic heterocycles. The molecule has 1 aromatic rings. The van der Waals surface area contributed by atoms with Crippen molar-refractivity contribution in [1.29, 1.82) is 0 Å². The number of hydrogen-bond donors (Lipinski definition) is 2. The van der Waals surface area contributed by atoms with E-state index in [-0.39, 0.29) is 5.91 Å². The highest BCUT2D eigenvalue weighted by atomic mass is 32.3. The van der Waals surface area contributed by atoms with Crippen molar-refractivity contribution in [2.24, 2.45) is 0 Å². The molecular formula is C14H21NO3S. The third kappa shape index (κ3) is 4.28. The van der Waals surface area contributed by atoms with Gasteiger partial charge in [0.25, 0.3) is 0 Å². The molecule has 5 heteroatoms. The number of aliphatic carboxylic acids is 1. The first-order valence-corrected chi connectivity index (χ1v) is 8.55. The van der Waals surface area contributed by atoms with Gasteiger partial charge in [-0.05, 0) is 16.9 Å². The zero-order valence-corrected chi connectivity index (χ0v) is 12.4. The Kier molecular flexibility index (Phi) is 5.42. The van der Waals surface area contributed by atoms with Gasteiger partial charge in [-0.15, -0.1) is 0 Å². The van der Waals surface area contributed by atoms with Gasteiger partial charge >= 0.3 is 5.97 Å². The molecule has 0 aliphatic carbocycles. The van der Waals surface area contributed by atoms with E-state index in [0.717, 1.165) is 5.75 Å². The van der Waals surface area contributed by atoms with Gasteiger partial charge in [0, 0.05) is 12.7 Å². The quantitative estimate of drug-likeness (QED) is 0.840. The van der Waals surface area contributed by atoms with Crippen LogP contribution < -0.4 is 5.32 Å². The molecule has 1 rings (SSSR count). The van der Waals surface area contributed by atoms with E-state index in [0.29, 0.717) is 5.75 Å². The molecule has 0 aromatic heterocycles. The average molecular weight is 283 g/mol. The third-order valence-corrected chi connectivity index (χ3v) is 6.91. The lowest BCUT2D eigenvalue weighted by Crippen LogP contribution is -2.43. The lowest BCUT2D eigenvalue weighted by atomic mass is 10.3. The summed E-state index contributed by atoms with van der Waals surface area (Å²) >= 11 is 0. The van der Waals surface area contributed by atoms with Crippen molar-refractivity contribution in [3.8, 4) is 0 Å². The van der Waals surface area contributed by atoms with Gasteiger partial charge in [0.2, 0.25) is 5.91 Å². The van der Waals surface area contributed by atoms with E-state index in [1.165, 1.54) is 11.8 Å². The Morgan fingerprint density at radius 3 is 2.32 bits per heavy atom. The van der Waals surface area contributed by atoms with Crippen LogP contribution in [0.2, 0.25) is 0 Å². The lowest BCUT2D eigenvalue weighted by Gasteiger charge is -2.37. The zero-order valence-electron chi connectivity index (χ0n) is 11.6. The molecule has 1 unspecified atom stereocenters. The molecule has 106 valence electrons. The number of rotatable bonds is 6. The van der Waals surface area contributed by atoms with Crippen LogP contribution in [0.15, 0.2) is 35.2 Å². The van der Waals surface area contributed by atoms with Gasteiger partial charge < -0.3 is 10.4 Å². The van der Waals surface area contributed by atoms with Crippen molar-refractivity contribution in [3.05, 3.63) is 30.3 Å². The molecule has 2 N–H and O–H groups in total. The van der Waals surface area contributed by atoms with Crippen LogP contribution in [0.5, 0.6) is 0 Å². The van der Waals surface area contributed by atoms with Crippen molar-refractivity contribution in [3.63, 3.8) is 0 Å². The van der Waals surface area contributed by atoms with Crippen LogP contribution in [0, 0.1) is 0 Å². The molecular weight excluding hydrogens is 262 g/mol. The Hall–Kier alpha value is -1.49. The zero-order chi connectivity index (χ0) is 14.5. The number of benzene rings is 1. The van der Waals surface area contributed by atoms with Crippen molar-refractivity contribution in [1.82, 2.24) is 5.32 Å². The Morgan fingerprint density at radius 2 is 1.89 bits per heavy atom. The lowest BCUT2D eigenvalue weighted by molar-refractivity contribution is -0.140. The summed E-state index contributed by atoms with van der Waals surface area (Å²) < 4.78 is 0. The first kappa shape index (κ1) is 15.6. The van der Waals surface area contributed by atoms with Crippen LogP contribution in [-0.2, 0) is 9.59 Å². The van der Waals surface area contributed by atoms with Crippen molar-refractivity contribution < 1.29 is 14.7 Å². The molecule has 0 fully saturated rings. The summed E-state index contributed by atoms with van der Waals surface area (Å²) in [4.78, 5) is 23.5. The van der Waals surface area contributed by atoms with Crippen molar-refractivity contribution in [2.75, 3.05) is 17.8 Å². The second-order valence-corrected chi connectivity index (χ2v) is 8.56. The minimum atomic E-state index is -1.24. The Labute approximate surface area is 115 Å². The summed E-state index contributed by atoms with van der Waals surface area (Å²) in [5, 5.41) is 11.7. The van der Waals surface area contributed by atoms with E-state index in [2.05, 4.69) is 18.5 Å². The molecule has 0 aliphatic rings. The van der Waals surface area contributed by atoms with E-state index in [9.17, 15) is 14.7 Å². The summed E-state index contributed by atoms with van der Waals surface area (Å²) in [7, 11) is -1.24. The summed E-state index contributed by atoms with van der Waals surface area (Å²) in [6, 6.07) is 9.12. The number of carbonyl (C=O) groups excluding carboxylic acids is 1. The van der Waals surface area contributed by atoms with Gasteiger partial charge in [0.1, 0.15) is 6.04 Å². The molecule has 1 aromatic carbocycles. The maximum atomic E-state index is 11.3. The van der Waals surface area contributed by atoms with Crippen LogP contribution in [0.1, 0.15) is 13.8 Å². The molecule has 0 heterocycles. The van der Waals surface area contributed by atoms with Gasteiger partial charge in [-0.3, -0.25) is 4.79 Å². The maximum Gasteiger partial charge on any atom is 0.327 e. The molecule has 0 radical (unpaired) electrons. The number of hydrogen-bond acceptors (Lipinski definition) is 2. The first-order chi connectivity index (χ1) is 8.89. The largest absolute Gasteiger partial charge is 0.480 e. The molecule has 0 spiro atoms. The van der Waals surface area contributed by atoms with E-state index < -0.39 is 22.0 Å². The Morgan fingerprint density at radius 1 is 1.32 bits per heavy atom. The van der Waals surface area contributed by atoms with Crippen molar-refractivity contribution >= 4 is 21.9 Å². The second-order valence-electron chi connectivity index (χ2n) is 4.63. The highest BCUT2D eigenvalue weighted by Crippen LogP contribution is 2.52. The number of carboxylic acid groups (broad SMARTS) is 1. The average Bonchev–Trinajstić information content (AvgIpc) is 2.38. The summed E-state index contributed by atoms with van der Waals surface area (Å²) in [5.41, 5.74) is 0. The van der Waals surface area contributed by atoms with E-state index in [1.807, 2.05) is 30.3 Å². The SMILES string of the molecule is CCS(C)(C[C@H](NC(C)=O)C(=O)O)c1ccccc1. The fourth-order valence-electron chi connectivity index (χ4n) is 1.92. The first-order valence-electron chi connectivity index (χ1n) is 6.17. The van der Waals surface area contributed by atoms with Gasteiger partial charge in [0.15, 0.2) is 0 Å². The number of amides is 1. The number of carbonyl (C=O) groups is 2. The normalized spacial score (nSPS) is 17.0. The fourth-order valence-corrected chi connectivity index (χ4v) is 4.45. The minimum absolute atomic E-state index is 0.307. The monoisotopic (exact) mass is 283 g/mol. The highest BCUT2D eigenvalue weighted by molar-refractivity contribution is 8.33. The Bertz CT molecular complexity index is 449. The summed E-state index contributed by atoms with van der Waals surface area (Å²) in [6.45, 7) is 3.41. The van der Waals surface area contributed by atoms with Crippen LogP contribution in [0.4, 0.5) is 0 Å². The fraction of sp³-hybridized carbons (Fsp3) is 0.429. The topological polar surface area (TPSA) is 66.4 Å². The molecule has 0 saturated carbocycles. The van der Waals surface area contributed by atoms with E-state index in [4.69, 9.17) is 0 Å². The van der Waals surface area contributed by atoms with Crippen LogP contribution in [-0.4, -0.2) is 40.8 Å². The van der Waals surface area contributed by atoms with Crippen molar-refractivity contribution in [2.45, 2.75) is 24.8 Å². The van der Waals surface area contributed by atoms with Gasteiger partial charge in [-0.1, -0.05) is 37.3 Å². The van der Waals surface area contributed by atoms with E-state index in [1.54, 1.807) is 0 Å². The molecule has 0 saturated heterocycles. The summed E-state index contributed by atoms with van der Waals surface area (Å²) in [6.07, 6.45) is 2.11. The molecule has 19 heavy (non-hydrogen) atoms. The standard InChI is InChI=1S/C14H21NO3S/c1-4-19(3,12-8-6-5-7-9-12)10-13(14(17)18)15-11(2)16/h5-9,13H,4,10H2,1-3H3,(H,15,16)(H,17,18)/t13-/m0/s1. The van der Waals surface area contributed by atoms with Gasteiger partial charge in [-0.2, -0.15) is 0 Å². The van der Waals surface area contributed by atoms with Crippen LogP contribution in [0.25, 0.3) is 0 Å². The number of carboxylic acids is 1. The second kappa shape index (κ2) is 6.61. The van der Waals surface area contributed by atoms with Crippen LogP contribution in [0.3, 0.4) is 0 Å². The predicted octanol–water partition coefficient (Wildman–Crippen LogP) is 2.09. The van der Waals surface area contributed by atoms with Crippen LogP contribution >= 0.6 is 10.0 Å². The van der Waals surface area contributed by atoms with Gasteiger partial charge in [0.05, 0.1) is 0 Å². The smallest absolute Gasteiger partial charge is 0.327 e. The Balaban J connectivity index is 2.96. The van der Waals surface area contributed by atoms with Gasteiger partial charge in [-0.25, -0.2) is 14.8 Å². The molecule has 2 atom stereocenters. The highest BCUT2D eigenvalue weighted by Gasteiger charge is 2.28. The van der Waals surface area contributed by atoms with E-state index >= 15 is 0 Å².